The molecule has 0 radical (unpaired) electrons. The second kappa shape index (κ2) is 4.87. The molecule has 0 amide bonds. The average Bonchev–Trinajstić information content (AvgIpc) is 2.79. The van der Waals surface area contributed by atoms with E-state index in [-0.39, 0.29) is 0 Å². The van der Waals surface area contributed by atoms with Crippen LogP contribution in [0.25, 0.3) is 0 Å². The van der Waals surface area contributed by atoms with E-state index in [0.717, 1.165) is 11.1 Å². The summed E-state index contributed by atoms with van der Waals surface area (Å²) in [6, 6.07) is 9.51. The van der Waals surface area contributed by atoms with Crippen molar-refractivity contribution in [1.29, 1.82) is 0 Å². The molecule has 3 heteroatoms. The Labute approximate surface area is 108 Å². The predicted octanol–water partition coefficient (Wildman–Crippen LogP) is 3.38. The molecule has 2 nitrogen and oxygen atoms in total. The van der Waals surface area contributed by atoms with Gasteiger partial charge in [-0.25, -0.2) is 0 Å². The van der Waals surface area contributed by atoms with E-state index in [2.05, 4.69) is 22.3 Å². The van der Waals surface area contributed by atoms with E-state index in [4.69, 9.17) is 11.6 Å². The Morgan fingerprint density at radius 2 is 1.94 bits per heavy atom. The number of halogens is 1. The van der Waals surface area contributed by atoms with Crippen LogP contribution >= 0.6 is 11.6 Å². The minimum absolute atomic E-state index is 0.635. The number of fused-ring (bicyclic) bond motifs is 1. The van der Waals surface area contributed by atoms with Gasteiger partial charge in [0.25, 0.3) is 0 Å². The lowest BCUT2D eigenvalue weighted by molar-refractivity contribution is 0.188. The summed E-state index contributed by atoms with van der Waals surface area (Å²) in [5.41, 5.74) is 1.20. The number of hydrogen-bond donors (Lipinski definition) is 1. The minimum atomic E-state index is 0.635. The maximum Gasteiger partial charge on any atom is 0.0407 e. The molecule has 2 saturated heterocycles. The molecule has 1 N–H and O–H groups in total. The number of anilines is 1. The third kappa shape index (κ3) is 2.58. The van der Waals surface area contributed by atoms with Crippen LogP contribution in [0.15, 0.2) is 24.3 Å². The Kier molecular flexibility index (Phi) is 3.26. The van der Waals surface area contributed by atoms with Crippen LogP contribution < -0.4 is 5.32 Å². The molecular formula is C14H19ClN2. The van der Waals surface area contributed by atoms with Gasteiger partial charge in [-0.1, -0.05) is 11.6 Å². The standard InChI is InChI=1S/C14H19ClN2/c15-11-3-5-12(6-4-11)16-13-7-9-17-8-1-2-14(17)10-13/h3-6,13-14,16H,1-2,7-10H2. The number of nitrogens with one attached hydrogen (secondary N) is 1. The van der Waals surface area contributed by atoms with Crippen molar-refractivity contribution >= 4 is 17.3 Å². The summed E-state index contributed by atoms with van der Waals surface area (Å²) in [6.07, 6.45) is 5.33. The number of piperidine rings is 1. The molecule has 0 bridgehead atoms. The van der Waals surface area contributed by atoms with Crippen molar-refractivity contribution < 1.29 is 0 Å². The molecule has 2 atom stereocenters. The Balaban J connectivity index is 1.60. The second-order valence-corrected chi connectivity index (χ2v) is 5.64. The highest BCUT2D eigenvalue weighted by Crippen LogP contribution is 2.28. The SMILES string of the molecule is Clc1ccc(NC2CCN3CCCC3C2)cc1. The maximum atomic E-state index is 5.89. The van der Waals surface area contributed by atoms with Gasteiger partial charge in [0.1, 0.15) is 0 Å². The zero-order valence-corrected chi connectivity index (χ0v) is 10.8. The van der Waals surface area contributed by atoms with E-state index >= 15 is 0 Å². The van der Waals surface area contributed by atoms with Crippen LogP contribution in [0.2, 0.25) is 5.02 Å². The first-order valence-electron chi connectivity index (χ1n) is 6.57. The van der Waals surface area contributed by atoms with Crippen molar-refractivity contribution in [2.75, 3.05) is 18.4 Å². The molecule has 17 heavy (non-hydrogen) atoms. The monoisotopic (exact) mass is 250 g/mol. The summed E-state index contributed by atoms with van der Waals surface area (Å²) in [5.74, 6) is 0. The summed E-state index contributed by atoms with van der Waals surface area (Å²) < 4.78 is 0. The predicted molar refractivity (Wildman–Crippen MR) is 72.7 cm³/mol. The molecule has 2 heterocycles. The van der Waals surface area contributed by atoms with Gasteiger partial charge in [0.2, 0.25) is 0 Å². The Morgan fingerprint density at radius 3 is 2.76 bits per heavy atom. The third-order valence-electron chi connectivity index (χ3n) is 4.04. The molecule has 0 aliphatic carbocycles. The van der Waals surface area contributed by atoms with Gasteiger partial charge in [-0.2, -0.15) is 0 Å². The Hall–Kier alpha value is -0.730. The van der Waals surface area contributed by atoms with E-state index in [0.29, 0.717) is 6.04 Å². The molecule has 2 fully saturated rings. The topological polar surface area (TPSA) is 15.3 Å². The van der Waals surface area contributed by atoms with Crippen LogP contribution in [0.5, 0.6) is 0 Å². The van der Waals surface area contributed by atoms with Crippen LogP contribution in [0.3, 0.4) is 0 Å². The molecule has 0 aromatic heterocycles. The summed E-state index contributed by atoms with van der Waals surface area (Å²) in [7, 11) is 0. The minimum Gasteiger partial charge on any atom is -0.382 e. The normalized spacial score (nSPS) is 29.0. The smallest absolute Gasteiger partial charge is 0.0407 e. The molecular weight excluding hydrogens is 232 g/mol. The largest absolute Gasteiger partial charge is 0.382 e. The molecule has 1 aromatic rings. The molecule has 2 aliphatic heterocycles. The molecule has 2 unspecified atom stereocenters. The van der Waals surface area contributed by atoms with Crippen molar-refractivity contribution in [2.45, 2.75) is 37.8 Å². The molecule has 92 valence electrons. The van der Waals surface area contributed by atoms with E-state index in [1.165, 1.54) is 44.5 Å². The van der Waals surface area contributed by atoms with Crippen LogP contribution in [0, 0.1) is 0 Å². The lowest BCUT2D eigenvalue weighted by Gasteiger charge is -2.35. The van der Waals surface area contributed by atoms with Crippen LogP contribution in [0.4, 0.5) is 5.69 Å². The van der Waals surface area contributed by atoms with Gasteiger partial charge in [0.05, 0.1) is 0 Å². The van der Waals surface area contributed by atoms with Crippen LogP contribution in [-0.2, 0) is 0 Å². The molecule has 3 rings (SSSR count). The van der Waals surface area contributed by atoms with Gasteiger partial charge in [0, 0.05) is 29.3 Å². The first kappa shape index (κ1) is 11.4. The molecule has 0 saturated carbocycles. The van der Waals surface area contributed by atoms with Gasteiger partial charge >= 0.3 is 0 Å². The molecule has 0 spiro atoms. The summed E-state index contributed by atoms with van der Waals surface area (Å²) in [5, 5.41) is 4.44. The van der Waals surface area contributed by atoms with Gasteiger partial charge in [-0.05, 0) is 56.5 Å². The van der Waals surface area contributed by atoms with Crippen molar-refractivity contribution in [3.63, 3.8) is 0 Å². The first-order chi connectivity index (χ1) is 8.31. The van der Waals surface area contributed by atoms with Crippen molar-refractivity contribution in [3.8, 4) is 0 Å². The van der Waals surface area contributed by atoms with Gasteiger partial charge in [0.15, 0.2) is 0 Å². The van der Waals surface area contributed by atoms with Crippen LogP contribution in [-0.4, -0.2) is 30.1 Å². The summed E-state index contributed by atoms with van der Waals surface area (Å²) >= 11 is 5.89. The van der Waals surface area contributed by atoms with E-state index in [1.54, 1.807) is 0 Å². The lowest BCUT2D eigenvalue weighted by atomic mass is 9.97. The second-order valence-electron chi connectivity index (χ2n) is 5.20. The average molecular weight is 251 g/mol. The fourth-order valence-corrected chi connectivity index (χ4v) is 3.26. The number of nitrogens with zero attached hydrogens (tertiary/aromatic N) is 1. The highest BCUT2D eigenvalue weighted by molar-refractivity contribution is 6.30. The first-order valence-corrected chi connectivity index (χ1v) is 6.95. The molecule has 1 aromatic carbocycles. The maximum absolute atomic E-state index is 5.89. The van der Waals surface area contributed by atoms with E-state index in [1.807, 2.05) is 12.1 Å². The van der Waals surface area contributed by atoms with Crippen molar-refractivity contribution in [3.05, 3.63) is 29.3 Å². The fraction of sp³-hybridized carbons (Fsp3) is 0.571. The third-order valence-corrected chi connectivity index (χ3v) is 4.29. The summed E-state index contributed by atoms with van der Waals surface area (Å²) in [6.45, 7) is 2.58. The zero-order valence-electron chi connectivity index (χ0n) is 10.0. The van der Waals surface area contributed by atoms with Gasteiger partial charge < -0.3 is 10.2 Å². The van der Waals surface area contributed by atoms with Gasteiger partial charge in [-0.15, -0.1) is 0 Å². The van der Waals surface area contributed by atoms with Gasteiger partial charge in [-0.3, -0.25) is 0 Å². The van der Waals surface area contributed by atoms with Crippen molar-refractivity contribution in [1.82, 2.24) is 4.90 Å². The fourth-order valence-electron chi connectivity index (χ4n) is 3.14. The molecule has 2 aliphatic rings. The number of hydrogen-bond acceptors (Lipinski definition) is 2. The lowest BCUT2D eigenvalue weighted by Crippen LogP contribution is -2.42. The Morgan fingerprint density at radius 1 is 1.12 bits per heavy atom. The summed E-state index contributed by atoms with van der Waals surface area (Å²) in [4.78, 5) is 2.65. The quantitative estimate of drug-likeness (QED) is 0.866. The van der Waals surface area contributed by atoms with Crippen molar-refractivity contribution in [2.24, 2.45) is 0 Å². The van der Waals surface area contributed by atoms with Crippen LogP contribution in [0.1, 0.15) is 25.7 Å². The zero-order chi connectivity index (χ0) is 11.7. The number of benzene rings is 1. The van der Waals surface area contributed by atoms with E-state index in [9.17, 15) is 0 Å². The number of rotatable bonds is 2. The highest BCUT2D eigenvalue weighted by atomic mass is 35.5. The Bertz CT molecular complexity index is 376. The van der Waals surface area contributed by atoms with E-state index < -0.39 is 0 Å². The highest BCUT2D eigenvalue weighted by Gasteiger charge is 2.31.